The van der Waals surface area contributed by atoms with Crippen molar-refractivity contribution in [2.75, 3.05) is 26.7 Å². The molecule has 1 unspecified atom stereocenters. The highest BCUT2D eigenvalue weighted by molar-refractivity contribution is 7.86. The van der Waals surface area contributed by atoms with Crippen LogP contribution in [-0.2, 0) is 10.2 Å². The van der Waals surface area contributed by atoms with Crippen LogP contribution in [0, 0.1) is 5.92 Å². The normalized spacial score (nSPS) is 26.0. The summed E-state index contributed by atoms with van der Waals surface area (Å²) in [7, 11) is -1.51. The molecule has 0 spiro atoms. The molecule has 1 N–H and O–H groups in total. The van der Waals surface area contributed by atoms with Crippen molar-refractivity contribution in [1.29, 1.82) is 0 Å². The van der Waals surface area contributed by atoms with E-state index in [-0.39, 0.29) is 6.04 Å². The van der Waals surface area contributed by atoms with E-state index in [1.165, 1.54) is 0 Å². The minimum absolute atomic E-state index is 0.212. The zero-order valence-electron chi connectivity index (χ0n) is 13.7. The number of nitrogens with zero attached hydrogens (tertiary/aromatic N) is 2. The average Bonchev–Trinajstić information content (AvgIpc) is 2.98. The van der Waals surface area contributed by atoms with Crippen molar-refractivity contribution in [3.63, 3.8) is 0 Å². The van der Waals surface area contributed by atoms with E-state index in [1.54, 1.807) is 15.7 Å². The molecule has 0 bridgehead atoms. The predicted octanol–water partition coefficient (Wildman–Crippen LogP) is 1.82. The Hall–Kier alpha value is -0.170. The number of hydrogen-bond acceptors (Lipinski definition) is 3. The van der Waals surface area contributed by atoms with Crippen LogP contribution in [-0.4, -0.2) is 55.8 Å². The van der Waals surface area contributed by atoms with Crippen molar-refractivity contribution in [1.82, 2.24) is 13.9 Å². The van der Waals surface area contributed by atoms with Gasteiger partial charge in [-0.25, -0.2) is 0 Å². The van der Waals surface area contributed by atoms with Gasteiger partial charge in [-0.3, -0.25) is 0 Å². The van der Waals surface area contributed by atoms with Crippen molar-refractivity contribution < 1.29 is 8.42 Å². The maximum absolute atomic E-state index is 12.8. The van der Waals surface area contributed by atoms with E-state index in [1.807, 2.05) is 0 Å². The van der Waals surface area contributed by atoms with Crippen LogP contribution in [0.2, 0.25) is 0 Å². The highest BCUT2D eigenvalue weighted by Gasteiger charge is 2.35. The highest BCUT2D eigenvalue weighted by atomic mass is 32.2. The molecule has 2 aliphatic rings. The van der Waals surface area contributed by atoms with Crippen LogP contribution in [0.15, 0.2) is 0 Å². The molecule has 1 aliphatic carbocycles. The highest BCUT2D eigenvalue weighted by Crippen LogP contribution is 2.27. The first-order valence-electron chi connectivity index (χ1n) is 8.37. The first-order chi connectivity index (χ1) is 9.91. The van der Waals surface area contributed by atoms with Gasteiger partial charge in [0.2, 0.25) is 0 Å². The van der Waals surface area contributed by atoms with Gasteiger partial charge in [-0.15, -0.1) is 0 Å². The Bertz CT molecular complexity index is 419. The smallest absolute Gasteiger partial charge is 0.281 e. The molecule has 1 aliphatic heterocycles. The fraction of sp³-hybridized carbons (Fsp3) is 1.00. The summed E-state index contributed by atoms with van der Waals surface area (Å²) in [5.74, 6) is 0.438. The summed E-state index contributed by atoms with van der Waals surface area (Å²) in [6.45, 7) is 6.52. The molecule has 124 valence electrons. The lowest BCUT2D eigenvalue weighted by atomic mass is 9.99. The molecule has 0 aromatic carbocycles. The van der Waals surface area contributed by atoms with E-state index < -0.39 is 10.2 Å². The van der Waals surface area contributed by atoms with Gasteiger partial charge >= 0.3 is 0 Å². The number of nitrogens with one attached hydrogen (secondary N) is 1. The summed E-state index contributed by atoms with van der Waals surface area (Å²) in [6, 6.07) is 0.669. The summed E-state index contributed by atoms with van der Waals surface area (Å²) >= 11 is 0. The number of hydrogen-bond donors (Lipinski definition) is 1. The van der Waals surface area contributed by atoms with Crippen molar-refractivity contribution in [3.8, 4) is 0 Å². The zero-order valence-corrected chi connectivity index (χ0v) is 14.5. The van der Waals surface area contributed by atoms with E-state index in [4.69, 9.17) is 0 Å². The summed E-state index contributed by atoms with van der Waals surface area (Å²) in [5, 5.41) is 3.44. The second-order valence-corrected chi connectivity index (χ2v) is 8.88. The van der Waals surface area contributed by atoms with Crippen LogP contribution < -0.4 is 5.32 Å². The molecule has 1 heterocycles. The molecule has 21 heavy (non-hydrogen) atoms. The number of rotatable bonds is 6. The Morgan fingerprint density at radius 1 is 1.19 bits per heavy atom. The molecule has 2 fully saturated rings. The molecule has 5 nitrogen and oxygen atoms in total. The van der Waals surface area contributed by atoms with Gasteiger partial charge in [0.15, 0.2) is 0 Å². The van der Waals surface area contributed by atoms with E-state index in [0.717, 1.165) is 45.1 Å². The second kappa shape index (κ2) is 7.40. The van der Waals surface area contributed by atoms with Gasteiger partial charge in [0.05, 0.1) is 0 Å². The van der Waals surface area contributed by atoms with Crippen LogP contribution in [0.4, 0.5) is 0 Å². The topological polar surface area (TPSA) is 52.7 Å². The van der Waals surface area contributed by atoms with Gasteiger partial charge < -0.3 is 5.32 Å². The summed E-state index contributed by atoms with van der Waals surface area (Å²) in [4.78, 5) is 0. The van der Waals surface area contributed by atoms with Gasteiger partial charge in [0, 0.05) is 32.2 Å². The van der Waals surface area contributed by atoms with Crippen molar-refractivity contribution in [2.45, 2.75) is 64.5 Å². The first kappa shape index (κ1) is 17.2. The van der Waals surface area contributed by atoms with Crippen LogP contribution in [0.1, 0.15) is 52.4 Å². The molecular weight excluding hydrogens is 286 g/mol. The van der Waals surface area contributed by atoms with Crippen molar-refractivity contribution >= 4 is 10.2 Å². The summed E-state index contributed by atoms with van der Waals surface area (Å²) in [6.07, 6.45) is 6.45. The summed E-state index contributed by atoms with van der Waals surface area (Å²) < 4.78 is 28.9. The van der Waals surface area contributed by atoms with E-state index in [0.29, 0.717) is 25.0 Å². The standard InChI is InChI=1S/C15H31N3O2S/c1-13(2)16-11-14-7-6-10-18(12-14)21(19,20)17(3)15-8-4-5-9-15/h13-16H,4-12H2,1-3H3. The largest absolute Gasteiger partial charge is 0.314 e. The van der Waals surface area contributed by atoms with Crippen molar-refractivity contribution in [2.24, 2.45) is 5.92 Å². The van der Waals surface area contributed by atoms with Crippen LogP contribution >= 0.6 is 0 Å². The van der Waals surface area contributed by atoms with Crippen LogP contribution in [0.25, 0.3) is 0 Å². The zero-order chi connectivity index (χ0) is 15.5. The summed E-state index contributed by atoms with van der Waals surface area (Å²) in [5.41, 5.74) is 0. The Morgan fingerprint density at radius 3 is 2.48 bits per heavy atom. The molecule has 1 atom stereocenters. The molecule has 1 saturated carbocycles. The third-order valence-corrected chi connectivity index (χ3v) is 6.84. The Morgan fingerprint density at radius 2 is 1.86 bits per heavy atom. The fourth-order valence-electron chi connectivity index (χ4n) is 3.44. The van der Waals surface area contributed by atoms with Gasteiger partial charge in [-0.2, -0.15) is 17.0 Å². The lowest BCUT2D eigenvalue weighted by molar-refractivity contribution is 0.235. The van der Waals surface area contributed by atoms with Gasteiger partial charge in [-0.1, -0.05) is 26.7 Å². The van der Waals surface area contributed by atoms with Crippen molar-refractivity contribution in [3.05, 3.63) is 0 Å². The van der Waals surface area contributed by atoms with E-state index >= 15 is 0 Å². The van der Waals surface area contributed by atoms with Gasteiger partial charge in [0.1, 0.15) is 0 Å². The van der Waals surface area contributed by atoms with Crippen LogP contribution in [0.5, 0.6) is 0 Å². The predicted molar refractivity (Wildman–Crippen MR) is 86.4 cm³/mol. The number of piperidine rings is 1. The Balaban J connectivity index is 1.95. The molecule has 6 heteroatoms. The lowest BCUT2D eigenvalue weighted by Crippen LogP contribution is -2.50. The average molecular weight is 317 g/mol. The van der Waals surface area contributed by atoms with Gasteiger partial charge in [-0.05, 0) is 38.1 Å². The molecule has 2 rings (SSSR count). The SMILES string of the molecule is CC(C)NCC1CCCN(S(=O)(=O)N(C)C2CCCC2)C1. The third-order valence-electron chi connectivity index (χ3n) is 4.83. The quantitative estimate of drug-likeness (QED) is 0.813. The molecule has 0 radical (unpaired) electrons. The molecule has 0 amide bonds. The second-order valence-electron chi connectivity index (χ2n) is 6.89. The Kier molecular flexibility index (Phi) is 6.05. The van der Waals surface area contributed by atoms with Crippen LogP contribution in [0.3, 0.4) is 0 Å². The first-order valence-corrected chi connectivity index (χ1v) is 9.77. The van der Waals surface area contributed by atoms with E-state index in [2.05, 4.69) is 19.2 Å². The van der Waals surface area contributed by atoms with E-state index in [9.17, 15) is 8.42 Å². The molecule has 0 aromatic rings. The molecule has 1 saturated heterocycles. The third kappa shape index (κ3) is 4.41. The maximum Gasteiger partial charge on any atom is 0.281 e. The molecular formula is C15H31N3O2S. The maximum atomic E-state index is 12.8. The monoisotopic (exact) mass is 317 g/mol. The minimum atomic E-state index is -3.28. The Labute approximate surface area is 130 Å². The fourth-order valence-corrected chi connectivity index (χ4v) is 5.15. The lowest BCUT2D eigenvalue weighted by Gasteiger charge is -2.36. The minimum Gasteiger partial charge on any atom is -0.314 e. The molecule has 0 aromatic heterocycles. The van der Waals surface area contributed by atoms with Gasteiger partial charge in [0.25, 0.3) is 10.2 Å².